The minimum atomic E-state index is -0.297. The molecule has 3 nitrogen and oxygen atoms in total. The van der Waals surface area contributed by atoms with E-state index in [9.17, 15) is 10.1 Å². The van der Waals surface area contributed by atoms with Gasteiger partial charge in [0.15, 0.2) is 0 Å². The number of rotatable bonds is 6. The zero-order chi connectivity index (χ0) is 14.9. The maximum Gasteiger partial charge on any atom is 0.221 e. The fourth-order valence-corrected chi connectivity index (χ4v) is 3.07. The van der Waals surface area contributed by atoms with Crippen LogP contribution in [0.4, 0.5) is 0 Å². The summed E-state index contributed by atoms with van der Waals surface area (Å²) in [4.78, 5) is 12.0. The van der Waals surface area contributed by atoms with Crippen LogP contribution in [0.5, 0.6) is 0 Å². The van der Waals surface area contributed by atoms with Crippen LogP contribution < -0.4 is 5.32 Å². The van der Waals surface area contributed by atoms with E-state index >= 15 is 0 Å². The van der Waals surface area contributed by atoms with Crippen LogP contribution in [0.3, 0.4) is 0 Å². The highest BCUT2D eigenvalue weighted by Gasteiger charge is 2.24. The maximum absolute atomic E-state index is 12.0. The zero-order valence-corrected chi connectivity index (χ0v) is 12.6. The van der Waals surface area contributed by atoms with Crippen molar-refractivity contribution in [1.82, 2.24) is 5.32 Å². The number of nitrogens with zero attached hydrogens (tertiary/aromatic N) is 1. The van der Waals surface area contributed by atoms with E-state index in [2.05, 4.69) is 23.5 Å². The van der Waals surface area contributed by atoms with Crippen molar-refractivity contribution in [2.45, 2.75) is 57.4 Å². The van der Waals surface area contributed by atoms with Gasteiger partial charge in [-0.05, 0) is 37.2 Å². The molecule has 1 atom stereocenters. The van der Waals surface area contributed by atoms with Crippen molar-refractivity contribution in [2.75, 3.05) is 0 Å². The van der Waals surface area contributed by atoms with Crippen LogP contribution in [0.1, 0.15) is 50.5 Å². The predicted octanol–water partition coefficient (Wildman–Crippen LogP) is 3.60. The van der Waals surface area contributed by atoms with Gasteiger partial charge in [0, 0.05) is 6.42 Å². The van der Waals surface area contributed by atoms with Crippen LogP contribution >= 0.6 is 0 Å². The minimum Gasteiger partial charge on any atom is -0.340 e. The molecule has 1 amide bonds. The quantitative estimate of drug-likeness (QED) is 0.867. The Hall–Kier alpha value is -1.82. The molecule has 21 heavy (non-hydrogen) atoms. The van der Waals surface area contributed by atoms with E-state index in [-0.39, 0.29) is 11.9 Å². The molecular weight excluding hydrogens is 260 g/mol. The molecule has 1 aromatic carbocycles. The van der Waals surface area contributed by atoms with Crippen LogP contribution in [0.2, 0.25) is 0 Å². The Morgan fingerprint density at radius 2 is 1.95 bits per heavy atom. The van der Waals surface area contributed by atoms with Gasteiger partial charge >= 0.3 is 0 Å². The average Bonchev–Trinajstić information content (AvgIpc) is 2.54. The molecule has 1 aliphatic rings. The van der Waals surface area contributed by atoms with Crippen molar-refractivity contribution < 1.29 is 4.79 Å². The van der Waals surface area contributed by atoms with Crippen molar-refractivity contribution in [3.63, 3.8) is 0 Å². The number of aryl methyl sites for hydroxylation is 1. The number of hydrogen-bond donors (Lipinski definition) is 1. The molecule has 0 bridgehead atoms. The molecule has 0 aliphatic heterocycles. The lowest BCUT2D eigenvalue weighted by atomic mass is 9.84. The zero-order valence-electron chi connectivity index (χ0n) is 12.6. The second kappa shape index (κ2) is 8.46. The third-order valence-electron chi connectivity index (χ3n) is 4.29. The van der Waals surface area contributed by atoms with Crippen molar-refractivity contribution in [2.24, 2.45) is 5.92 Å². The SMILES string of the molecule is N#CC(NC(=O)CCCc1ccccc1)C1CCCCC1. The van der Waals surface area contributed by atoms with Crippen molar-refractivity contribution in [3.8, 4) is 6.07 Å². The fourth-order valence-electron chi connectivity index (χ4n) is 3.07. The van der Waals surface area contributed by atoms with Crippen molar-refractivity contribution in [1.29, 1.82) is 5.26 Å². The number of carbonyl (C=O) groups is 1. The van der Waals surface area contributed by atoms with E-state index < -0.39 is 0 Å². The highest BCUT2D eigenvalue weighted by molar-refractivity contribution is 5.76. The number of amides is 1. The number of hydrogen-bond acceptors (Lipinski definition) is 2. The molecule has 1 aliphatic carbocycles. The second-order valence-corrected chi connectivity index (χ2v) is 5.91. The molecule has 0 saturated heterocycles. The van der Waals surface area contributed by atoms with Gasteiger partial charge in [-0.25, -0.2) is 0 Å². The van der Waals surface area contributed by atoms with Gasteiger partial charge in [-0.3, -0.25) is 4.79 Å². The Kier molecular flexibility index (Phi) is 6.27. The molecule has 0 heterocycles. The van der Waals surface area contributed by atoms with Crippen LogP contribution in [0, 0.1) is 17.2 Å². The molecule has 1 fully saturated rings. The molecule has 0 aromatic heterocycles. The lowest BCUT2D eigenvalue weighted by molar-refractivity contribution is -0.121. The highest BCUT2D eigenvalue weighted by Crippen LogP contribution is 2.26. The molecule has 1 N–H and O–H groups in total. The normalized spacial score (nSPS) is 16.9. The standard InChI is InChI=1S/C18H24N2O/c19-14-17(16-11-5-2-6-12-16)20-18(21)13-7-10-15-8-3-1-4-9-15/h1,3-4,8-9,16-17H,2,5-7,10-13H2,(H,20,21). The molecule has 0 spiro atoms. The molecule has 2 rings (SSSR count). The van der Waals surface area contributed by atoms with Gasteiger partial charge in [-0.15, -0.1) is 0 Å². The summed E-state index contributed by atoms with van der Waals surface area (Å²) in [6.07, 6.45) is 8.03. The third kappa shape index (κ3) is 5.23. The summed E-state index contributed by atoms with van der Waals surface area (Å²) in [5.74, 6) is 0.366. The molecule has 0 radical (unpaired) electrons. The van der Waals surface area contributed by atoms with Gasteiger partial charge in [-0.2, -0.15) is 5.26 Å². The van der Waals surface area contributed by atoms with Gasteiger partial charge < -0.3 is 5.32 Å². The van der Waals surface area contributed by atoms with Gasteiger partial charge in [0.25, 0.3) is 0 Å². The van der Waals surface area contributed by atoms with Gasteiger partial charge in [0.1, 0.15) is 6.04 Å². The first-order valence-corrected chi connectivity index (χ1v) is 8.02. The number of carbonyl (C=O) groups excluding carboxylic acids is 1. The molecular formula is C18H24N2O. The second-order valence-electron chi connectivity index (χ2n) is 5.91. The number of benzene rings is 1. The van der Waals surface area contributed by atoms with Crippen LogP contribution in [-0.4, -0.2) is 11.9 Å². The summed E-state index contributed by atoms with van der Waals surface area (Å²) in [5.41, 5.74) is 1.26. The van der Waals surface area contributed by atoms with E-state index in [0.717, 1.165) is 25.7 Å². The van der Waals surface area contributed by atoms with Crippen LogP contribution in [0.25, 0.3) is 0 Å². The van der Waals surface area contributed by atoms with E-state index in [1.54, 1.807) is 0 Å². The molecule has 112 valence electrons. The maximum atomic E-state index is 12.0. The van der Waals surface area contributed by atoms with E-state index in [1.165, 1.54) is 24.8 Å². The summed E-state index contributed by atoms with van der Waals surface area (Å²) >= 11 is 0. The Balaban J connectivity index is 1.71. The highest BCUT2D eigenvalue weighted by atomic mass is 16.1. The monoisotopic (exact) mass is 284 g/mol. The van der Waals surface area contributed by atoms with Crippen molar-refractivity contribution >= 4 is 5.91 Å². The summed E-state index contributed by atoms with van der Waals surface area (Å²) < 4.78 is 0. The first kappa shape index (κ1) is 15.6. The van der Waals surface area contributed by atoms with Gasteiger partial charge in [0.2, 0.25) is 5.91 Å². The predicted molar refractivity (Wildman–Crippen MR) is 83.5 cm³/mol. The first-order valence-electron chi connectivity index (χ1n) is 8.02. The summed E-state index contributed by atoms with van der Waals surface area (Å²) in [7, 11) is 0. The Labute approximate surface area is 127 Å². The molecule has 1 unspecified atom stereocenters. The van der Waals surface area contributed by atoms with Crippen molar-refractivity contribution in [3.05, 3.63) is 35.9 Å². The van der Waals surface area contributed by atoms with Gasteiger partial charge in [-0.1, -0.05) is 49.6 Å². The summed E-state index contributed by atoms with van der Waals surface area (Å²) in [5, 5.41) is 12.2. The fraction of sp³-hybridized carbons (Fsp3) is 0.556. The lowest BCUT2D eigenvalue weighted by Gasteiger charge is -2.26. The Bertz CT molecular complexity index is 472. The minimum absolute atomic E-state index is 0.0167. The molecule has 1 saturated carbocycles. The summed E-state index contributed by atoms with van der Waals surface area (Å²) in [6.45, 7) is 0. The van der Waals surface area contributed by atoms with E-state index in [4.69, 9.17) is 0 Å². The largest absolute Gasteiger partial charge is 0.340 e. The molecule has 1 aromatic rings. The first-order chi connectivity index (χ1) is 10.3. The van der Waals surface area contributed by atoms with Crippen LogP contribution in [-0.2, 0) is 11.2 Å². The average molecular weight is 284 g/mol. The summed E-state index contributed by atoms with van der Waals surface area (Å²) in [6, 6.07) is 12.2. The lowest BCUT2D eigenvalue weighted by Crippen LogP contribution is -2.40. The topological polar surface area (TPSA) is 52.9 Å². The smallest absolute Gasteiger partial charge is 0.221 e. The van der Waals surface area contributed by atoms with E-state index in [1.807, 2.05) is 18.2 Å². The Morgan fingerprint density at radius 1 is 1.24 bits per heavy atom. The van der Waals surface area contributed by atoms with Gasteiger partial charge in [0.05, 0.1) is 6.07 Å². The number of nitrogens with one attached hydrogen (secondary N) is 1. The third-order valence-corrected chi connectivity index (χ3v) is 4.29. The molecule has 3 heteroatoms. The Morgan fingerprint density at radius 3 is 2.62 bits per heavy atom. The van der Waals surface area contributed by atoms with Crippen LogP contribution in [0.15, 0.2) is 30.3 Å². The number of nitriles is 1. The van der Waals surface area contributed by atoms with E-state index in [0.29, 0.717) is 12.3 Å².